The van der Waals surface area contributed by atoms with Crippen molar-refractivity contribution in [3.8, 4) is 5.75 Å². The number of nitrogens with zero attached hydrogens (tertiary/aromatic N) is 1. The van der Waals surface area contributed by atoms with Gasteiger partial charge < -0.3 is 10.1 Å². The van der Waals surface area contributed by atoms with Crippen molar-refractivity contribution in [3.05, 3.63) is 40.7 Å². The van der Waals surface area contributed by atoms with Gasteiger partial charge in [-0.2, -0.15) is 5.10 Å². The van der Waals surface area contributed by atoms with Crippen LogP contribution in [0, 0.1) is 27.7 Å². The van der Waals surface area contributed by atoms with Gasteiger partial charge in [0.15, 0.2) is 0 Å². The largest absolute Gasteiger partial charge is 0.493 e. The monoisotopic (exact) mass is 287 g/mol. The Hall–Kier alpha value is -2.30. The van der Waals surface area contributed by atoms with Crippen LogP contribution in [0.3, 0.4) is 0 Å². The molecular formula is C16H21N3O2. The summed E-state index contributed by atoms with van der Waals surface area (Å²) in [4.78, 5) is 11.9. The molecule has 0 unspecified atom stereocenters. The lowest BCUT2D eigenvalue weighted by Gasteiger charge is -2.10. The van der Waals surface area contributed by atoms with Gasteiger partial charge in [-0.3, -0.25) is 9.89 Å². The Morgan fingerprint density at radius 1 is 1.29 bits per heavy atom. The highest BCUT2D eigenvalue weighted by molar-refractivity contribution is 5.91. The van der Waals surface area contributed by atoms with Crippen molar-refractivity contribution >= 4 is 11.6 Å². The highest BCUT2D eigenvalue weighted by Gasteiger charge is 2.10. The molecule has 5 heteroatoms. The summed E-state index contributed by atoms with van der Waals surface area (Å²) in [5.41, 5.74) is 4.68. The maximum Gasteiger partial charge on any atom is 0.227 e. The summed E-state index contributed by atoms with van der Waals surface area (Å²) in [5.74, 6) is 0.747. The number of aromatic nitrogens is 2. The van der Waals surface area contributed by atoms with Gasteiger partial charge in [-0.15, -0.1) is 0 Å². The van der Waals surface area contributed by atoms with Crippen molar-refractivity contribution in [2.75, 3.05) is 11.9 Å². The highest BCUT2D eigenvalue weighted by Crippen LogP contribution is 2.19. The Morgan fingerprint density at radius 3 is 2.67 bits per heavy atom. The summed E-state index contributed by atoms with van der Waals surface area (Å²) in [7, 11) is 0. The number of nitrogens with one attached hydrogen (secondary N) is 2. The van der Waals surface area contributed by atoms with Crippen molar-refractivity contribution < 1.29 is 9.53 Å². The van der Waals surface area contributed by atoms with Gasteiger partial charge in [0.05, 0.1) is 30.1 Å². The molecule has 2 aromatic rings. The smallest absolute Gasteiger partial charge is 0.227 e. The first-order valence-corrected chi connectivity index (χ1v) is 6.99. The van der Waals surface area contributed by atoms with E-state index in [9.17, 15) is 4.79 Å². The molecule has 21 heavy (non-hydrogen) atoms. The van der Waals surface area contributed by atoms with E-state index >= 15 is 0 Å². The zero-order valence-corrected chi connectivity index (χ0v) is 12.9. The van der Waals surface area contributed by atoms with E-state index in [1.165, 1.54) is 5.56 Å². The average molecular weight is 287 g/mol. The second-order valence-electron chi connectivity index (χ2n) is 5.22. The first-order valence-electron chi connectivity index (χ1n) is 6.99. The number of hydrogen-bond acceptors (Lipinski definition) is 3. The minimum atomic E-state index is -0.0765. The van der Waals surface area contributed by atoms with Gasteiger partial charge in [-0.05, 0) is 39.3 Å². The molecule has 0 fully saturated rings. The first-order chi connectivity index (χ1) is 9.97. The molecule has 1 heterocycles. The normalized spacial score (nSPS) is 10.5. The second kappa shape index (κ2) is 6.43. The lowest BCUT2D eigenvalue weighted by atomic mass is 10.1. The van der Waals surface area contributed by atoms with Gasteiger partial charge in [-0.25, -0.2) is 0 Å². The number of anilines is 1. The molecule has 0 bridgehead atoms. The van der Waals surface area contributed by atoms with E-state index in [0.29, 0.717) is 13.0 Å². The third-order valence-corrected chi connectivity index (χ3v) is 3.31. The van der Waals surface area contributed by atoms with Crippen LogP contribution in [0.5, 0.6) is 5.75 Å². The number of hydrogen-bond donors (Lipinski definition) is 2. The molecular weight excluding hydrogens is 266 g/mol. The number of carbonyl (C=O) groups is 1. The molecule has 0 saturated carbocycles. The molecule has 5 nitrogen and oxygen atoms in total. The van der Waals surface area contributed by atoms with E-state index in [0.717, 1.165) is 28.4 Å². The first kappa shape index (κ1) is 15.1. The number of ether oxygens (including phenoxy) is 1. The molecule has 0 aliphatic heterocycles. The fourth-order valence-electron chi connectivity index (χ4n) is 2.15. The lowest BCUT2D eigenvalue weighted by molar-refractivity contribution is -0.116. The van der Waals surface area contributed by atoms with Gasteiger partial charge in [0, 0.05) is 0 Å². The fourth-order valence-corrected chi connectivity index (χ4v) is 2.15. The zero-order chi connectivity index (χ0) is 15.4. The van der Waals surface area contributed by atoms with Crippen LogP contribution in [0.25, 0.3) is 0 Å². The molecule has 0 atom stereocenters. The number of carbonyl (C=O) groups excluding carboxylic acids is 1. The molecule has 2 rings (SSSR count). The van der Waals surface area contributed by atoms with E-state index in [1.54, 1.807) is 0 Å². The van der Waals surface area contributed by atoms with Gasteiger partial charge in [0.1, 0.15) is 5.75 Å². The molecule has 2 N–H and O–H groups in total. The lowest BCUT2D eigenvalue weighted by Crippen LogP contribution is -2.16. The van der Waals surface area contributed by atoms with Crippen LogP contribution >= 0.6 is 0 Å². The predicted octanol–water partition coefficient (Wildman–Crippen LogP) is 3.05. The van der Waals surface area contributed by atoms with Crippen LogP contribution in [-0.4, -0.2) is 22.7 Å². The zero-order valence-electron chi connectivity index (χ0n) is 12.9. The van der Waals surface area contributed by atoms with E-state index in [2.05, 4.69) is 21.6 Å². The van der Waals surface area contributed by atoms with Gasteiger partial charge in [0.25, 0.3) is 0 Å². The Labute approximate surface area is 124 Å². The van der Waals surface area contributed by atoms with E-state index in [-0.39, 0.29) is 5.91 Å². The molecule has 0 radical (unpaired) electrons. The average Bonchev–Trinajstić information content (AvgIpc) is 2.73. The van der Waals surface area contributed by atoms with E-state index < -0.39 is 0 Å². The molecule has 0 aliphatic carbocycles. The van der Waals surface area contributed by atoms with E-state index in [4.69, 9.17) is 4.74 Å². The highest BCUT2D eigenvalue weighted by atomic mass is 16.5. The third-order valence-electron chi connectivity index (χ3n) is 3.31. The molecule has 112 valence electrons. The number of aromatic amines is 1. The predicted molar refractivity (Wildman–Crippen MR) is 82.7 cm³/mol. The van der Waals surface area contributed by atoms with Crippen LogP contribution < -0.4 is 10.1 Å². The van der Waals surface area contributed by atoms with Crippen molar-refractivity contribution in [2.24, 2.45) is 0 Å². The number of rotatable bonds is 5. The molecule has 0 spiro atoms. The number of benzene rings is 1. The van der Waals surface area contributed by atoms with Gasteiger partial charge in [-0.1, -0.05) is 17.7 Å². The van der Waals surface area contributed by atoms with Crippen LogP contribution in [0.1, 0.15) is 28.9 Å². The molecule has 0 saturated heterocycles. The molecule has 0 aliphatic rings. The van der Waals surface area contributed by atoms with Crippen molar-refractivity contribution in [1.82, 2.24) is 10.2 Å². The van der Waals surface area contributed by atoms with Gasteiger partial charge >= 0.3 is 0 Å². The number of aryl methyl sites for hydroxylation is 4. The Balaban J connectivity index is 1.85. The van der Waals surface area contributed by atoms with Crippen molar-refractivity contribution in [2.45, 2.75) is 34.1 Å². The minimum absolute atomic E-state index is 0.0765. The molecule has 1 amide bonds. The van der Waals surface area contributed by atoms with Crippen LogP contribution in [-0.2, 0) is 4.79 Å². The Bertz CT molecular complexity index is 627. The van der Waals surface area contributed by atoms with Crippen molar-refractivity contribution in [3.63, 3.8) is 0 Å². The van der Waals surface area contributed by atoms with Crippen LogP contribution in [0.4, 0.5) is 5.69 Å². The molecule has 1 aromatic heterocycles. The Morgan fingerprint density at radius 2 is 2.05 bits per heavy atom. The summed E-state index contributed by atoms with van der Waals surface area (Å²) < 4.78 is 5.66. The SMILES string of the molecule is Cc1ccc(OCCC(=O)Nc2c(C)n[nH]c2C)c(C)c1. The fraction of sp³-hybridized carbons (Fsp3) is 0.375. The summed E-state index contributed by atoms with van der Waals surface area (Å²) in [6, 6.07) is 6.00. The molecule has 1 aromatic carbocycles. The summed E-state index contributed by atoms with van der Waals surface area (Å²) in [6.45, 7) is 8.12. The topological polar surface area (TPSA) is 67.0 Å². The van der Waals surface area contributed by atoms with Crippen LogP contribution in [0.2, 0.25) is 0 Å². The Kier molecular flexibility index (Phi) is 4.62. The van der Waals surface area contributed by atoms with Gasteiger partial charge in [0.2, 0.25) is 5.91 Å². The second-order valence-corrected chi connectivity index (χ2v) is 5.22. The summed E-state index contributed by atoms with van der Waals surface area (Å²) in [6.07, 6.45) is 0.303. The summed E-state index contributed by atoms with van der Waals surface area (Å²) >= 11 is 0. The van der Waals surface area contributed by atoms with Crippen molar-refractivity contribution in [1.29, 1.82) is 0 Å². The standard InChI is InChI=1S/C16H21N3O2/c1-10-5-6-14(11(2)9-10)21-8-7-15(20)17-16-12(3)18-19-13(16)4/h5-6,9H,7-8H2,1-4H3,(H,17,20)(H,18,19). The maximum atomic E-state index is 11.9. The maximum absolute atomic E-state index is 11.9. The summed E-state index contributed by atoms with van der Waals surface area (Å²) in [5, 5.41) is 9.74. The number of H-pyrrole nitrogens is 1. The third kappa shape index (κ3) is 3.84. The van der Waals surface area contributed by atoms with Crippen LogP contribution in [0.15, 0.2) is 18.2 Å². The van der Waals surface area contributed by atoms with E-state index in [1.807, 2.05) is 39.8 Å². The quantitative estimate of drug-likeness (QED) is 0.888. The minimum Gasteiger partial charge on any atom is -0.493 e. The number of amides is 1.